The Morgan fingerprint density at radius 2 is 2.06 bits per heavy atom. The highest BCUT2D eigenvalue weighted by molar-refractivity contribution is 7.15. The average molecular weight is 253 g/mol. The van der Waals surface area contributed by atoms with Gasteiger partial charge in [0.05, 0.1) is 11.7 Å². The van der Waals surface area contributed by atoms with Crippen LogP contribution in [0.5, 0.6) is 0 Å². The second kappa shape index (κ2) is 5.14. The molecule has 5 heteroatoms. The van der Waals surface area contributed by atoms with Gasteiger partial charge in [0.25, 0.3) is 0 Å². The largest absolute Gasteiger partial charge is 0.301 e. The quantitative estimate of drug-likeness (QED) is 0.898. The predicted octanol–water partition coefficient (Wildman–Crippen LogP) is 2.18. The lowest BCUT2D eigenvalue weighted by atomic mass is 10.3. The van der Waals surface area contributed by atoms with Crippen molar-refractivity contribution in [3.05, 3.63) is 10.6 Å². The zero-order valence-electron chi connectivity index (χ0n) is 10.6. The van der Waals surface area contributed by atoms with Crippen molar-refractivity contribution in [3.8, 4) is 0 Å². The van der Waals surface area contributed by atoms with Gasteiger partial charge in [-0.1, -0.05) is 0 Å². The van der Waals surface area contributed by atoms with E-state index >= 15 is 0 Å². The van der Waals surface area contributed by atoms with Gasteiger partial charge in [0.15, 0.2) is 5.13 Å². The van der Waals surface area contributed by atoms with Crippen LogP contribution in [0.15, 0.2) is 0 Å². The summed E-state index contributed by atoms with van der Waals surface area (Å²) in [6.07, 6.45) is 2.40. The number of aryl methyl sites for hydroxylation is 2. The van der Waals surface area contributed by atoms with E-state index in [4.69, 9.17) is 0 Å². The maximum atomic E-state index is 12.0. The third-order valence-corrected chi connectivity index (χ3v) is 4.31. The van der Waals surface area contributed by atoms with Crippen LogP contribution in [-0.2, 0) is 4.79 Å². The van der Waals surface area contributed by atoms with Gasteiger partial charge in [0.1, 0.15) is 0 Å². The zero-order chi connectivity index (χ0) is 12.4. The number of anilines is 1. The van der Waals surface area contributed by atoms with Crippen LogP contribution >= 0.6 is 11.3 Å². The van der Waals surface area contributed by atoms with E-state index in [0.29, 0.717) is 0 Å². The Morgan fingerprint density at radius 3 is 2.59 bits per heavy atom. The first kappa shape index (κ1) is 12.5. The maximum Gasteiger partial charge on any atom is 0.243 e. The minimum atomic E-state index is -0.0537. The molecule has 0 saturated carbocycles. The van der Waals surface area contributed by atoms with Crippen molar-refractivity contribution in [1.82, 2.24) is 9.88 Å². The summed E-state index contributed by atoms with van der Waals surface area (Å²) in [7, 11) is 0. The Balaban J connectivity index is 1.96. The Hall–Kier alpha value is -0.940. The molecule has 1 aromatic heterocycles. The molecule has 1 amide bonds. The summed E-state index contributed by atoms with van der Waals surface area (Å²) in [5, 5.41) is 3.63. The molecule has 0 spiro atoms. The summed E-state index contributed by atoms with van der Waals surface area (Å²) in [5.41, 5.74) is 0.999. The molecule has 0 aliphatic carbocycles. The van der Waals surface area contributed by atoms with Gasteiger partial charge in [-0.05, 0) is 46.7 Å². The van der Waals surface area contributed by atoms with Crippen LogP contribution in [0.1, 0.15) is 30.3 Å². The number of likely N-dealkylation sites (tertiary alicyclic amines) is 1. The van der Waals surface area contributed by atoms with E-state index in [1.54, 1.807) is 11.3 Å². The second-order valence-electron chi connectivity index (χ2n) is 4.57. The van der Waals surface area contributed by atoms with Crippen LogP contribution < -0.4 is 5.32 Å². The lowest BCUT2D eigenvalue weighted by molar-refractivity contribution is -0.120. The predicted molar refractivity (Wildman–Crippen MR) is 70.5 cm³/mol. The SMILES string of the molecule is Cc1nc(NC(=O)C(C)N2CCCC2)sc1C. The number of carbonyl (C=O) groups excluding carboxylic acids is 1. The van der Waals surface area contributed by atoms with Crippen molar-refractivity contribution in [1.29, 1.82) is 0 Å². The van der Waals surface area contributed by atoms with Crippen molar-refractivity contribution >= 4 is 22.4 Å². The molecule has 1 atom stereocenters. The molecule has 1 aliphatic heterocycles. The number of nitrogens with one attached hydrogen (secondary N) is 1. The highest BCUT2D eigenvalue weighted by Crippen LogP contribution is 2.22. The second-order valence-corrected chi connectivity index (χ2v) is 5.77. The molecule has 1 saturated heterocycles. The smallest absolute Gasteiger partial charge is 0.243 e. The third-order valence-electron chi connectivity index (χ3n) is 3.33. The van der Waals surface area contributed by atoms with Gasteiger partial charge >= 0.3 is 0 Å². The fraction of sp³-hybridized carbons (Fsp3) is 0.667. The van der Waals surface area contributed by atoms with E-state index < -0.39 is 0 Å². The van der Waals surface area contributed by atoms with E-state index in [1.165, 1.54) is 12.8 Å². The topological polar surface area (TPSA) is 45.2 Å². The van der Waals surface area contributed by atoms with Crippen LogP contribution in [0.2, 0.25) is 0 Å². The molecule has 2 rings (SSSR count). The van der Waals surface area contributed by atoms with Crippen molar-refractivity contribution in [2.75, 3.05) is 18.4 Å². The van der Waals surface area contributed by atoms with E-state index in [9.17, 15) is 4.79 Å². The molecule has 17 heavy (non-hydrogen) atoms. The number of thiazole rings is 1. The van der Waals surface area contributed by atoms with Crippen molar-refractivity contribution in [2.24, 2.45) is 0 Å². The number of amides is 1. The van der Waals surface area contributed by atoms with Gasteiger partial charge in [-0.3, -0.25) is 9.69 Å². The number of hydrogen-bond donors (Lipinski definition) is 1. The normalized spacial score (nSPS) is 18.3. The fourth-order valence-corrected chi connectivity index (χ4v) is 2.85. The van der Waals surface area contributed by atoms with E-state index in [1.807, 2.05) is 20.8 Å². The minimum absolute atomic E-state index is 0.0537. The lowest BCUT2D eigenvalue weighted by Crippen LogP contribution is -2.40. The molecular weight excluding hydrogens is 234 g/mol. The Morgan fingerprint density at radius 1 is 1.41 bits per heavy atom. The van der Waals surface area contributed by atoms with Gasteiger partial charge in [-0.15, -0.1) is 11.3 Å². The first-order valence-electron chi connectivity index (χ1n) is 6.07. The number of nitrogens with zero attached hydrogens (tertiary/aromatic N) is 2. The number of carbonyl (C=O) groups is 1. The van der Waals surface area contributed by atoms with E-state index in [2.05, 4.69) is 15.2 Å². The Bertz CT molecular complexity index is 390. The highest BCUT2D eigenvalue weighted by Gasteiger charge is 2.24. The van der Waals surface area contributed by atoms with Crippen LogP contribution in [0.3, 0.4) is 0 Å². The van der Waals surface area contributed by atoms with Crippen molar-refractivity contribution in [3.63, 3.8) is 0 Å². The molecule has 1 aliphatic rings. The molecule has 4 nitrogen and oxygen atoms in total. The first-order chi connectivity index (χ1) is 8.08. The summed E-state index contributed by atoms with van der Waals surface area (Å²) in [6.45, 7) is 8.01. The molecule has 0 radical (unpaired) electrons. The van der Waals surface area contributed by atoms with Crippen LogP contribution in [0.25, 0.3) is 0 Å². The van der Waals surface area contributed by atoms with Crippen LogP contribution in [0.4, 0.5) is 5.13 Å². The number of aromatic nitrogens is 1. The highest BCUT2D eigenvalue weighted by atomic mass is 32.1. The molecule has 1 aromatic rings. The van der Waals surface area contributed by atoms with Crippen molar-refractivity contribution in [2.45, 2.75) is 39.7 Å². The number of hydrogen-bond acceptors (Lipinski definition) is 4. The molecule has 1 N–H and O–H groups in total. The van der Waals surface area contributed by atoms with Gasteiger partial charge < -0.3 is 5.32 Å². The zero-order valence-corrected chi connectivity index (χ0v) is 11.4. The fourth-order valence-electron chi connectivity index (χ4n) is 2.03. The van der Waals surface area contributed by atoms with Gasteiger partial charge in [0, 0.05) is 4.88 Å². The Kier molecular flexibility index (Phi) is 3.79. The standard InChI is InChI=1S/C12H19N3OS/c1-8-10(3)17-12(13-8)14-11(16)9(2)15-6-4-5-7-15/h9H,4-7H2,1-3H3,(H,13,14,16). The first-order valence-corrected chi connectivity index (χ1v) is 6.88. The summed E-state index contributed by atoms with van der Waals surface area (Å²) < 4.78 is 0. The van der Waals surface area contributed by atoms with E-state index in [-0.39, 0.29) is 11.9 Å². The van der Waals surface area contributed by atoms with Crippen molar-refractivity contribution < 1.29 is 4.79 Å². The third kappa shape index (κ3) is 2.84. The van der Waals surface area contributed by atoms with Crippen LogP contribution in [-0.4, -0.2) is 34.9 Å². The van der Waals surface area contributed by atoms with Crippen LogP contribution in [0, 0.1) is 13.8 Å². The molecule has 1 unspecified atom stereocenters. The van der Waals surface area contributed by atoms with E-state index in [0.717, 1.165) is 28.8 Å². The molecule has 1 fully saturated rings. The maximum absolute atomic E-state index is 12.0. The molecular formula is C12H19N3OS. The summed E-state index contributed by atoms with van der Waals surface area (Å²) in [6, 6.07) is -0.0537. The molecule has 0 bridgehead atoms. The average Bonchev–Trinajstić information content (AvgIpc) is 2.89. The van der Waals surface area contributed by atoms with Gasteiger partial charge in [-0.2, -0.15) is 0 Å². The monoisotopic (exact) mass is 253 g/mol. The molecule has 0 aromatic carbocycles. The minimum Gasteiger partial charge on any atom is -0.301 e. The van der Waals surface area contributed by atoms with Gasteiger partial charge in [0.2, 0.25) is 5.91 Å². The summed E-state index contributed by atoms with van der Waals surface area (Å²) in [4.78, 5) is 19.7. The lowest BCUT2D eigenvalue weighted by Gasteiger charge is -2.21. The summed E-state index contributed by atoms with van der Waals surface area (Å²) in [5.74, 6) is 0.0562. The molecule has 94 valence electrons. The number of rotatable bonds is 3. The molecule has 2 heterocycles. The summed E-state index contributed by atoms with van der Waals surface area (Å²) >= 11 is 1.54. The Labute approximate surface area is 106 Å². The van der Waals surface area contributed by atoms with Gasteiger partial charge in [-0.25, -0.2) is 4.98 Å².